The van der Waals surface area contributed by atoms with E-state index < -0.39 is 0 Å². The summed E-state index contributed by atoms with van der Waals surface area (Å²) in [5.41, 5.74) is 4.42. The number of carbonyl (C=O) groups is 1. The Morgan fingerprint density at radius 2 is 2.08 bits per heavy atom. The van der Waals surface area contributed by atoms with Crippen molar-refractivity contribution in [2.24, 2.45) is 5.92 Å². The van der Waals surface area contributed by atoms with Crippen molar-refractivity contribution in [1.29, 1.82) is 0 Å². The minimum atomic E-state index is -0.221. The van der Waals surface area contributed by atoms with Crippen LogP contribution in [0.5, 0.6) is 0 Å². The number of carbonyl (C=O) groups excluding carboxylic acids is 1. The van der Waals surface area contributed by atoms with Crippen molar-refractivity contribution in [2.45, 2.75) is 52.9 Å². The third-order valence-electron chi connectivity index (χ3n) is 4.78. The average molecular weight is 341 g/mol. The van der Waals surface area contributed by atoms with Crippen LogP contribution in [0.15, 0.2) is 18.2 Å². The lowest BCUT2D eigenvalue weighted by atomic mass is 9.91. The van der Waals surface area contributed by atoms with Gasteiger partial charge in [0.05, 0.1) is 17.1 Å². The summed E-state index contributed by atoms with van der Waals surface area (Å²) in [5.74, 6) is 0.279. The maximum absolute atomic E-state index is 13.5. The first-order valence-electron chi connectivity index (χ1n) is 9.02. The van der Waals surface area contributed by atoms with Crippen LogP contribution in [-0.4, -0.2) is 15.9 Å². The van der Waals surface area contributed by atoms with Crippen LogP contribution in [0.3, 0.4) is 0 Å². The van der Waals surface area contributed by atoms with Gasteiger partial charge in [-0.15, -0.1) is 0 Å². The van der Waals surface area contributed by atoms with E-state index in [9.17, 15) is 9.18 Å². The van der Waals surface area contributed by atoms with Gasteiger partial charge in [-0.25, -0.2) is 14.4 Å². The number of nitrogens with one attached hydrogen (secondary N) is 1. The number of hydrogen-bond donors (Lipinski definition) is 1. The van der Waals surface area contributed by atoms with Gasteiger partial charge in [-0.2, -0.15) is 0 Å². The molecule has 132 valence electrons. The molecule has 1 heterocycles. The van der Waals surface area contributed by atoms with Crippen molar-refractivity contribution in [1.82, 2.24) is 9.97 Å². The summed E-state index contributed by atoms with van der Waals surface area (Å²) >= 11 is 0. The van der Waals surface area contributed by atoms with Crippen molar-refractivity contribution in [2.75, 3.05) is 5.32 Å². The quantitative estimate of drug-likeness (QED) is 0.881. The fourth-order valence-electron chi connectivity index (χ4n) is 3.08. The molecule has 1 aromatic heterocycles. The highest BCUT2D eigenvalue weighted by atomic mass is 19.1. The molecular formula is C20H24FN3O. The van der Waals surface area contributed by atoms with Crippen LogP contribution in [0.25, 0.3) is 11.3 Å². The predicted molar refractivity (Wildman–Crippen MR) is 96.9 cm³/mol. The number of anilines is 1. The molecule has 0 spiro atoms. The second-order valence-electron chi connectivity index (χ2n) is 6.66. The van der Waals surface area contributed by atoms with Crippen molar-refractivity contribution < 1.29 is 9.18 Å². The fourth-order valence-corrected chi connectivity index (χ4v) is 3.08. The second-order valence-corrected chi connectivity index (χ2v) is 6.66. The van der Waals surface area contributed by atoms with Crippen LogP contribution >= 0.6 is 0 Å². The lowest BCUT2D eigenvalue weighted by molar-refractivity contribution is -0.119. The normalized spacial score (nSPS) is 13.8. The third kappa shape index (κ3) is 3.55. The van der Waals surface area contributed by atoms with Gasteiger partial charge in [-0.05, 0) is 49.4 Å². The van der Waals surface area contributed by atoms with Gasteiger partial charge in [0.25, 0.3) is 0 Å². The minimum Gasteiger partial charge on any atom is -0.309 e. The Bertz CT molecular complexity index is 804. The zero-order valence-electron chi connectivity index (χ0n) is 15.0. The molecule has 2 aromatic rings. The Morgan fingerprint density at radius 3 is 2.80 bits per heavy atom. The summed E-state index contributed by atoms with van der Waals surface area (Å²) in [6.45, 7) is 5.97. The molecule has 1 atom stereocenters. The first-order valence-corrected chi connectivity index (χ1v) is 9.02. The van der Waals surface area contributed by atoms with Crippen molar-refractivity contribution in [3.63, 3.8) is 0 Å². The lowest BCUT2D eigenvalue weighted by Crippen LogP contribution is -2.23. The highest BCUT2D eigenvalue weighted by Gasteiger charge is 2.23. The van der Waals surface area contributed by atoms with Crippen LogP contribution in [0, 0.1) is 11.7 Å². The summed E-state index contributed by atoms with van der Waals surface area (Å²) in [4.78, 5) is 21.8. The molecule has 1 N–H and O–H groups in total. The molecule has 1 aliphatic carbocycles. The number of aryl methyl sites for hydroxylation is 3. The first-order chi connectivity index (χ1) is 12.0. The molecule has 3 rings (SSSR count). The first kappa shape index (κ1) is 17.5. The van der Waals surface area contributed by atoms with Crippen LogP contribution in [-0.2, 0) is 24.1 Å². The molecule has 0 bridgehead atoms. The van der Waals surface area contributed by atoms with E-state index in [1.165, 1.54) is 6.07 Å². The summed E-state index contributed by atoms with van der Waals surface area (Å²) in [7, 11) is 0. The number of fused-ring (bicyclic) bond motifs is 3. The Kier molecular flexibility index (Phi) is 5.11. The van der Waals surface area contributed by atoms with E-state index in [0.717, 1.165) is 53.9 Å². The molecule has 1 aromatic carbocycles. The van der Waals surface area contributed by atoms with E-state index in [4.69, 9.17) is 9.97 Å². The monoisotopic (exact) mass is 341 g/mol. The molecular weight excluding hydrogens is 317 g/mol. The lowest BCUT2D eigenvalue weighted by Gasteiger charge is -2.21. The summed E-state index contributed by atoms with van der Waals surface area (Å²) in [6, 6.07) is 4.83. The fraction of sp³-hybridized carbons (Fsp3) is 0.450. The standard InChI is InChI=1S/C20H24FN3O/c1-4-6-17-19(24-20(25)12(3)5-2)23-16-10-7-13-11-14(21)8-9-15(13)18(16)22-17/h8-9,11-12H,4-7,10H2,1-3H3,(H,23,24,25). The van der Waals surface area contributed by atoms with E-state index in [2.05, 4.69) is 12.2 Å². The van der Waals surface area contributed by atoms with Crippen LogP contribution in [0.2, 0.25) is 0 Å². The molecule has 0 aliphatic heterocycles. The number of benzene rings is 1. The molecule has 5 heteroatoms. The Hall–Kier alpha value is -2.30. The van der Waals surface area contributed by atoms with Gasteiger partial charge in [0.2, 0.25) is 5.91 Å². The maximum Gasteiger partial charge on any atom is 0.228 e. The number of aromatic nitrogens is 2. The highest BCUT2D eigenvalue weighted by molar-refractivity contribution is 5.92. The molecule has 25 heavy (non-hydrogen) atoms. The molecule has 0 fully saturated rings. The highest BCUT2D eigenvalue weighted by Crippen LogP contribution is 2.33. The van der Waals surface area contributed by atoms with Gasteiger partial charge in [-0.1, -0.05) is 27.2 Å². The van der Waals surface area contributed by atoms with Crippen molar-refractivity contribution in [3.8, 4) is 11.3 Å². The second kappa shape index (κ2) is 7.30. The molecule has 0 saturated carbocycles. The molecule has 4 nitrogen and oxygen atoms in total. The van der Waals surface area contributed by atoms with Crippen LogP contribution in [0.1, 0.15) is 50.6 Å². The predicted octanol–water partition coefficient (Wildman–Crippen LogP) is 4.32. The number of rotatable bonds is 5. The Balaban J connectivity index is 2.03. The van der Waals surface area contributed by atoms with Crippen molar-refractivity contribution >= 4 is 11.7 Å². The van der Waals surface area contributed by atoms with E-state index in [0.29, 0.717) is 12.2 Å². The van der Waals surface area contributed by atoms with Crippen molar-refractivity contribution in [3.05, 3.63) is 41.0 Å². The summed E-state index contributed by atoms with van der Waals surface area (Å²) < 4.78 is 13.5. The topological polar surface area (TPSA) is 54.9 Å². The van der Waals surface area contributed by atoms with Gasteiger partial charge in [-0.3, -0.25) is 4.79 Å². The Morgan fingerprint density at radius 1 is 1.28 bits per heavy atom. The van der Waals surface area contributed by atoms with Gasteiger partial charge in [0, 0.05) is 11.5 Å². The smallest absolute Gasteiger partial charge is 0.228 e. The average Bonchev–Trinajstić information content (AvgIpc) is 2.61. The molecule has 0 saturated heterocycles. The number of hydrogen-bond acceptors (Lipinski definition) is 3. The van der Waals surface area contributed by atoms with Gasteiger partial charge in [0.15, 0.2) is 5.82 Å². The van der Waals surface area contributed by atoms with Crippen LogP contribution in [0.4, 0.5) is 10.2 Å². The molecule has 1 aliphatic rings. The van der Waals surface area contributed by atoms with E-state index in [1.54, 1.807) is 12.1 Å². The number of amides is 1. The zero-order chi connectivity index (χ0) is 18.0. The van der Waals surface area contributed by atoms with Gasteiger partial charge < -0.3 is 5.32 Å². The SMILES string of the molecule is CCCc1nc2c(nc1NC(=O)C(C)CC)CCc1cc(F)ccc1-2. The van der Waals surface area contributed by atoms with E-state index in [1.807, 2.05) is 13.8 Å². The van der Waals surface area contributed by atoms with Gasteiger partial charge >= 0.3 is 0 Å². The maximum atomic E-state index is 13.5. The molecule has 1 unspecified atom stereocenters. The zero-order valence-corrected chi connectivity index (χ0v) is 15.0. The molecule has 0 radical (unpaired) electrons. The number of nitrogens with zero attached hydrogens (tertiary/aromatic N) is 2. The van der Waals surface area contributed by atoms with E-state index in [-0.39, 0.29) is 17.6 Å². The van der Waals surface area contributed by atoms with Gasteiger partial charge in [0.1, 0.15) is 5.82 Å². The molecule has 1 amide bonds. The largest absolute Gasteiger partial charge is 0.309 e. The third-order valence-corrected chi connectivity index (χ3v) is 4.78. The number of halogens is 1. The summed E-state index contributed by atoms with van der Waals surface area (Å²) in [6.07, 6.45) is 3.88. The van der Waals surface area contributed by atoms with E-state index >= 15 is 0 Å². The summed E-state index contributed by atoms with van der Waals surface area (Å²) in [5, 5.41) is 2.96. The van der Waals surface area contributed by atoms with Crippen LogP contribution < -0.4 is 5.32 Å². The minimum absolute atomic E-state index is 0.0209. The Labute approximate surface area is 147 Å².